The third-order valence-electron chi connectivity index (χ3n) is 3.58. The predicted octanol–water partition coefficient (Wildman–Crippen LogP) is 2.92. The Labute approximate surface area is 128 Å². The first-order valence-electron chi connectivity index (χ1n) is 6.81. The number of para-hydroxylation sites is 1. The molecule has 0 aromatic heterocycles. The van der Waals surface area contributed by atoms with Gasteiger partial charge in [-0.3, -0.25) is 4.79 Å². The van der Waals surface area contributed by atoms with E-state index in [1.807, 2.05) is 18.2 Å². The number of halogens is 1. The summed E-state index contributed by atoms with van der Waals surface area (Å²) < 4.78 is 0. The van der Waals surface area contributed by atoms with Crippen LogP contribution >= 0.6 is 11.6 Å². The predicted molar refractivity (Wildman–Crippen MR) is 86.9 cm³/mol. The van der Waals surface area contributed by atoms with E-state index in [0.717, 1.165) is 18.7 Å². The lowest BCUT2D eigenvalue weighted by atomic mass is 10.2. The molecule has 0 unspecified atom stereocenters. The van der Waals surface area contributed by atoms with Crippen molar-refractivity contribution in [2.45, 2.75) is 6.42 Å². The first-order valence-corrected chi connectivity index (χ1v) is 7.19. The van der Waals surface area contributed by atoms with Crippen LogP contribution in [0.15, 0.2) is 42.5 Å². The van der Waals surface area contributed by atoms with Crippen molar-refractivity contribution in [2.75, 3.05) is 29.0 Å². The summed E-state index contributed by atoms with van der Waals surface area (Å²) in [5, 5.41) is 3.30. The van der Waals surface area contributed by atoms with Crippen LogP contribution in [0.25, 0.3) is 0 Å². The van der Waals surface area contributed by atoms with Crippen LogP contribution < -0.4 is 16.0 Å². The van der Waals surface area contributed by atoms with Gasteiger partial charge in [-0.05, 0) is 36.2 Å². The van der Waals surface area contributed by atoms with Gasteiger partial charge in [0.1, 0.15) is 0 Å². The number of benzene rings is 2. The maximum atomic E-state index is 12.2. The van der Waals surface area contributed by atoms with Gasteiger partial charge >= 0.3 is 0 Å². The fourth-order valence-corrected chi connectivity index (χ4v) is 2.74. The second-order valence-electron chi connectivity index (χ2n) is 5.09. The highest BCUT2D eigenvalue weighted by Gasteiger charge is 2.20. The molecule has 0 fully saturated rings. The third kappa shape index (κ3) is 2.95. The monoisotopic (exact) mass is 301 g/mol. The van der Waals surface area contributed by atoms with Crippen molar-refractivity contribution >= 4 is 34.6 Å². The van der Waals surface area contributed by atoms with Gasteiger partial charge in [-0.2, -0.15) is 0 Å². The lowest BCUT2D eigenvalue weighted by Gasteiger charge is -2.19. The number of hydrogen-bond acceptors (Lipinski definition) is 3. The van der Waals surface area contributed by atoms with E-state index < -0.39 is 0 Å². The Morgan fingerprint density at radius 1 is 1.29 bits per heavy atom. The Hall–Kier alpha value is -2.20. The quantitative estimate of drug-likeness (QED) is 0.857. The highest BCUT2D eigenvalue weighted by molar-refractivity contribution is 6.33. The van der Waals surface area contributed by atoms with Crippen LogP contribution in [0.3, 0.4) is 0 Å². The first-order chi connectivity index (χ1) is 10.1. The molecule has 0 atom stereocenters. The van der Waals surface area contributed by atoms with Crippen molar-refractivity contribution in [1.29, 1.82) is 0 Å². The number of amides is 1. The number of carbonyl (C=O) groups excluding carboxylic acids is 1. The van der Waals surface area contributed by atoms with Gasteiger partial charge in [0, 0.05) is 17.9 Å². The molecule has 2 aromatic carbocycles. The normalized spacial score (nSPS) is 13.1. The summed E-state index contributed by atoms with van der Waals surface area (Å²) in [5.74, 6) is -0.0980. The van der Waals surface area contributed by atoms with Crippen molar-refractivity contribution in [3.05, 3.63) is 53.1 Å². The standard InChI is InChI=1S/C16H16ClN3O/c17-13-6-5-12(18)9-14(13)19-16(21)10-20-8-7-11-3-1-2-4-15(11)20/h1-6,9H,7-8,10,18H2,(H,19,21). The van der Waals surface area contributed by atoms with Crippen molar-refractivity contribution in [1.82, 2.24) is 0 Å². The summed E-state index contributed by atoms with van der Waals surface area (Å²) >= 11 is 6.05. The Morgan fingerprint density at radius 3 is 2.95 bits per heavy atom. The Bertz CT molecular complexity index is 687. The zero-order valence-corrected chi connectivity index (χ0v) is 12.2. The summed E-state index contributed by atoms with van der Waals surface area (Å²) in [6.45, 7) is 1.17. The number of hydrogen-bond donors (Lipinski definition) is 2. The lowest BCUT2D eigenvalue weighted by Crippen LogP contribution is -2.31. The molecule has 1 heterocycles. The van der Waals surface area contributed by atoms with Crippen LogP contribution in [0, 0.1) is 0 Å². The van der Waals surface area contributed by atoms with Crippen LogP contribution in [0.2, 0.25) is 5.02 Å². The second-order valence-corrected chi connectivity index (χ2v) is 5.49. The molecule has 1 amide bonds. The molecule has 3 N–H and O–H groups in total. The molecule has 0 aliphatic carbocycles. The van der Waals surface area contributed by atoms with Gasteiger partial charge in [0.15, 0.2) is 0 Å². The van der Waals surface area contributed by atoms with E-state index >= 15 is 0 Å². The largest absolute Gasteiger partial charge is 0.399 e. The minimum absolute atomic E-state index is 0.0980. The molecule has 3 rings (SSSR count). The highest BCUT2D eigenvalue weighted by Crippen LogP contribution is 2.28. The first kappa shape index (κ1) is 13.8. The third-order valence-corrected chi connectivity index (χ3v) is 3.91. The van der Waals surface area contributed by atoms with Gasteiger partial charge in [0.05, 0.1) is 17.3 Å². The van der Waals surface area contributed by atoms with Crippen LogP contribution in [-0.4, -0.2) is 19.0 Å². The Balaban J connectivity index is 1.69. The van der Waals surface area contributed by atoms with E-state index in [2.05, 4.69) is 16.3 Å². The molecule has 0 saturated carbocycles. The van der Waals surface area contributed by atoms with Gasteiger partial charge in [-0.25, -0.2) is 0 Å². The molecule has 1 aliphatic heterocycles. The maximum absolute atomic E-state index is 12.2. The van der Waals surface area contributed by atoms with Gasteiger partial charge < -0.3 is 16.0 Å². The molecule has 0 bridgehead atoms. The fourth-order valence-electron chi connectivity index (χ4n) is 2.57. The van der Waals surface area contributed by atoms with Gasteiger partial charge in [0.25, 0.3) is 0 Å². The van der Waals surface area contributed by atoms with E-state index in [4.69, 9.17) is 17.3 Å². The Morgan fingerprint density at radius 2 is 2.10 bits per heavy atom. The number of carbonyl (C=O) groups is 1. The van der Waals surface area contributed by atoms with Crippen molar-refractivity contribution in [3.8, 4) is 0 Å². The molecule has 1 aliphatic rings. The second kappa shape index (κ2) is 5.66. The highest BCUT2D eigenvalue weighted by atomic mass is 35.5. The number of fused-ring (bicyclic) bond motifs is 1. The average molecular weight is 302 g/mol. The number of anilines is 3. The zero-order chi connectivity index (χ0) is 14.8. The van der Waals surface area contributed by atoms with Gasteiger partial charge in [0.2, 0.25) is 5.91 Å². The SMILES string of the molecule is Nc1ccc(Cl)c(NC(=O)CN2CCc3ccccc32)c1. The van der Waals surface area contributed by atoms with Crippen LogP contribution in [0.1, 0.15) is 5.56 Å². The number of nitrogens with two attached hydrogens (primary N) is 1. The van der Waals surface area contributed by atoms with Crippen molar-refractivity contribution in [3.63, 3.8) is 0 Å². The minimum Gasteiger partial charge on any atom is -0.399 e. The number of rotatable bonds is 3. The molecule has 5 heteroatoms. The number of nitrogens with one attached hydrogen (secondary N) is 1. The van der Waals surface area contributed by atoms with E-state index in [1.54, 1.807) is 18.2 Å². The molecule has 0 radical (unpaired) electrons. The summed E-state index contributed by atoms with van der Waals surface area (Å²) in [6, 6.07) is 13.2. The number of nitrogen functional groups attached to an aromatic ring is 1. The summed E-state index contributed by atoms with van der Waals surface area (Å²) in [5.41, 5.74) is 9.25. The molecular formula is C16H16ClN3O. The Kier molecular flexibility index (Phi) is 3.71. The number of nitrogens with zero attached hydrogens (tertiary/aromatic N) is 1. The summed E-state index contributed by atoms with van der Waals surface area (Å²) in [7, 11) is 0. The minimum atomic E-state index is -0.0980. The molecular weight excluding hydrogens is 286 g/mol. The summed E-state index contributed by atoms with van der Waals surface area (Å²) in [4.78, 5) is 14.3. The van der Waals surface area contributed by atoms with Crippen molar-refractivity contribution < 1.29 is 4.79 Å². The smallest absolute Gasteiger partial charge is 0.243 e. The molecule has 21 heavy (non-hydrogen) atoms. The maximum Gasteiger partial charge on any atom is 0.243 e. The molecule has 4 nitrogen and oxygen atoms in total. The van der Waals surface area contributed by atoms with E-state index in [-0.39, 0.29) is 5.91 Å². The molecule has 0 spiro atoms. The molecule has 2 aromatic rings. The zero-order valence-electron chi connectivity index (χ0n) is 11.5. The molecule has 108 valence electrons. The lowest BCUT2D eigenvalue weighted by molar-refractivity contribution is -0.115. The van der Waals surface area contributed by atoms with Gasteiger partial charge in [-0.1, -0.05) is 29.8 Å². The fraction of sp³-hybridized carbons (Fsp3) is 0.188. The average Bonchev–Trinajstić information content (AvgIpc) is 2.86. The van der Waals surface area contributed by atoms with E-state index in [9.17, 15) is 4.79 Å². The van der Waals surface area contributed by atoms with E-state index in [1.165, 1.54) is 5.56 Å². The van der Waals surface area contributed by atoms with Crippen LogP contribution in [0.5, 0.6) is 0 Å². The summed E-state index contributed by atoms with van der Waals surface area (Å²) in [6.07, 6.45) is 0.975. The van der Waals surface area contributed by atoms with Crippen LogP contribution in [0.4, 0.5) is 17.1 Å². The van der Waals surface area contributed by atoms with Crippen molar-refractivity contribution in [2.24, 2.45) is 0 Å². The van der Waals surface area contributed by atoms with E-state index in [0.29, 0.717) is 22.9 Å². The topological polar surface area (TPSA) is 58.4 Å². The van der Waals surface area contributed by atoms with Crippen LogP contribution in [-0.2, 0) is 11.2 Å². The molecule has 0 saturated heterocycles. The van der Waals surface area contributed by atoms with Gasteiger partial charge in [-0.15, -0.1) is 0 Å².